The normalized spacial score (nSPS) is 17.9. The smallest absolute Gasteiger partial charge is 0.209 e. The van der Waals surface area contributed by atoms with Crippen molar-refractivity contribution in [3.63, 3.8) is 0 Å². The second kappa shape index (κ2) is 16.6. The highest BCUT2D eigenvalue weighted by Crippen LogP contribution is 2.34. The predicted octanol–water partition coefficient (Wildman–Crippen LogP) is 4.35. The van der Waals surface area contributed by atoms with Gasteiger partial charge in [0.2, 0.25) is 6.41 Å². The van der Waals surface area contributed by atoms with E-state index in [9.17, 15) is 4.79 Å². The summed E-state index contributed by atoms with van der Waals surface area (Å²) >= 11 is 0. The molecular weight excluding hydrogens is 476 g/mol. The van der Waals surface area contributed by atoms with Crippen molar-refractivity contribution in [1.29, 1.82) is 5.41 Å². The number of aromatic nitrogens is 2. The van der Waals surface area contributed by atoms with Gasteiger partial charge in [0.25, 0.3) is 0 Å². The molecule has 3 heterocycles. The van der Waals surface area contributed by atoms with Crippen molar-refractivity contribution < 1.29 is 9.53 Å². The van der Waals surface area contributed by atoms with E-state index in [0.29, 0.717) is 37.3 Å². The maximum Gasteiger partial charge on any atom is 0.209 e. The van der Waals surface area contributed by atoms with Gasteiger partial charge in [-0.25, -0.2) is 0 Å². The number of rotatable bonds is 11. The van der Waals surface area contributed by atoms with Crippen LogP contribution in [0.25, 0.3) is 11.1 Å². The Kier molecular flexibility index (Phi) is 13.6. The topological polar surface area (TPSA) is 86.5 Å². The zero-order valence-corrected chi connectivity index (χ0v) is 23.7. The van der Waals surface area contributed by atoms with Crippen molar-refractivity contribution >= 4 is 17.9 Å². The second-order valence-electron chi connectivity index (χ2n) is 9.54. The van der Waals surface area contributed by atoms with Crippen LogP contribution in [0.1, 0.15) is 52.0 Å². The lowest BCUT2D eigenvalue weighted by Crippen LogP contribution is -2.41. The molecule has 2 unspecified atom stereocenters. The number of nitrogens with one attached hydrogen (secondary N) is 2. The Morgan fingerprint density at radius 3 is 2.71 bits per heavy atom. The van der Waals surface area contributed by atoms with Crippen LogP contribution in [0, 0.1) is 24.2 Å². The molecule has 2 aromatic rings. The van der Waals surface area contributed by atoms with Crippen LogP contribution in [-0.4, -0.2) is 72.4 Å². The minimum Gasteiger partial charge on any atom is -0.380 e. The number of hydrogen-bond donors (Lipinski definition) is 2. The summed E-state index contributed by atoms with van der Waals surface area (Å²) in [5.74, 6) is 1.10. The third kappa shape index (κ3) is 8.71. The van der Waals surface area contributed by atoms with Gasteiger partial charge >= 0.3 is 0 Å². The number of anilines is 1. The van der Waals surface area contributed by atoms with Gasteiger partial charge in [-0.05, 0) is 55.0 Å². The number of terminal acetylenes is 1. The first-order valence-corrected chi connectivity index (χ1v) is 13.9. The molecule has 1 saturated heterocycles. The molecule has 8 heteroatoms. The SMILES string of the molecule is C#C.CC.CCC1Cc2cc(-c3cnn(C)c3)ccc2N(C(=N)CCN(C=O)CCCNC2CCOC2)C1. The first kappa shape index (κ1) is 31.1. The fourth-order valence-electron chi connectivity index (χ4n) is 4.91. The van der Waals surface area contributed by atoms with E-state index in [0.717, 1.165) is 69.6 Å². The molecule has 2 aliphatic rings. The summed E-state index contributed by atoms with van der Waals surface area (Å²) < 4.78 is 7.21. The van der Waals surface area contributed by atoms with E-state index in [4.69, 9.17) is 10.1 Å². The van der Waals surface area contributed by atoms with Gasteiger partial charge in [-0.2, -0.15) is 5.10 Å². The number of fused-ring (bicyclic) bond motifs is 1. The Labute approximate surface area is 229 Å². The van der Waals surface area contributed by atoms with E-state index in [1.807, 2.05) is 38.0 Å². The number of carbonyl (C=O) groups is 1. The van der Waals surface area contributed by atoms with Crippen LogP contribution in [0.5, 0.6) is 0 Å². The molecule has 0 spiro atoms. The van der Waals surface area contributed by atoms with E-state index in [1.54, 1.807) is 4.90 Å². The van der Waals surface area contributed by atoms with Gasteiger partial charge in [0.15, 0.2) is 0 Å². The number of aryl methyl sites for hydroxylation is 1. The van der Waals surface area contributed by atoms with Crippen LogP contribution in [0.4, 0.5) is 5.69 Å². The van der Waals surface area contributed by atoms with E-state index < -0.39 is 0 Å². The van der Waals surface area contributed by atoms with Crippen LogP contribution in [-0.2, 0) is 23.0 Å². The maximum absolute atomic E-state index is 11.6. The zero-order valence-electron chi connectivity index (χ0n) is 23.7. The number of nitrogens with zero attached hydrogens (tertiary/aromatic N) is 4. The van der Waals surface area contributed by atoms with Gasteiger partial charge in [-0.1, -0.05) is 33.3 Å². The number of hydrogen-bond acceptors (Lipinski definition) is 5. The zero-order chi connectivity index (χ0) is 27.9. The minimum atomic E-state index is 0.446. The van der Waals surface area contributed by atoms with E-state index in [1.165, 1.54) is 11.1 Å². The number of ether oxygens (including phenoxy) is 1. The Bertz CT molecular complexity index is 1010. The molecule has 2 N–H and O–H groups in total. The molecule has 1 aromatic heterocycles. The molecule has 0 bridgehead atoms. The van der Waals surface area contributed by atoms with E-state index in [2.05, 4.69) is 53.3 Å². The second-order valence-corrected chi connectivity index (χ2v) is 9.54. The quantitative estimate of drug-likeness (QED) is 0.151. The number of benzene rings is 1. The van der Waals surface area contributed by atoms with Gasteiger partial charge in [-0.15, -0.1) is 12.8 Å². The maximum atomic E-state index is 11.6. The summed E-state index contributed by atoms with van der Waals surface area (Å²) in [7, 11) is 1.93. The number of amides is 1. The largest absolute Gasteiger partial charge is 0.380 e. The van der Waals surface area contributed by atoms with Crippen molar-refractivity contribution in [2.45, 2.75) is 58.9 Å². The molecule has 1 fully saturated rings. The Morgan fingerprint density at radius 2 is 2.08 bits per heavy atom. The summed E-state index contributed by atoms with van der Waals surface area (Å²) in [6, 6.07) is 6.98. The summed E-state index contributed by atoms with van der Waals surface area (Å²) in [6.07, 6.45) is 17.5. The molecule has 1 amide bonds. The van der Waals surface area contributed by atoms with Crippen molar-refractivity contribution in [2.24, 2.45) is 13.0 Å². The molecule has 208 valence electrons. The van der Waals surface area contributed by atoms with Crippen molar-refractivity contribution in [1.82, 2.24) is 20.0 Å². The van der Waals surface area contributed by atoms with Crippen LogP contribution in [0.2, 0.25) is 0 Å². The number of amidine groups is 1. The first-order valence-electron chi connectivity index (χ1n) is 13.9. The minimum absolute atomic E-state index is 0.446. The van der Waals surface area contributed by atoms with Gasteiger partial charge in [-0.3, -0.25) is 14.9 Å². The molecule has 0 aliphatic carbocycles. The van der Waals surface area contributed by atoms with Crippen LogP contribution < -0.4 is 10.2 Å². The molecular formula is C30H46N6O2. The van der Waals surface area contributed by atoms with E-state index in [-0.39, 0.29) is 0 Å². The highest BCUT2D eigenvalue weighted by Gasteiger charge is 2.26. The highest BCUT2D eigenvalue weighted by atomic mass is 16.5. The van der Waals surface area contributed by atoms with Gasteiger partial charge in [0, 0.05) is 63.2 Å². The summed E-state index contributed by atoms with van der Waals surface area (Å²) in [6.45, 7) is 10.9. The molecule has 2 atom stereocenters. The summed E-state index contributed by atoms with van der Waals surface area (Å²) in [5, 5.41) is 16.6. The first-order chi connectivity index (χ1) is 18.6. The highest BCUT2D eigenvalue weighted by molar-refractivity contribution is 5.97. The third-order valence-electron chi connectivity index (χ3n) is 7.03. The lowest BCUT2D eigenvalue weighted by Gasteiger charge is -2.36. The standard InChI is InChI=1S/C26H38N6O2.C2H6.C2H2/c1-3-20-13-22-14-21(23-15-29-30(2)17-23)5-6-25(22)32(16-20)26(27)7-11-31(19-33)10-4-9-28-24-8-12-34-18-24;2*1-2/h5-6,14-15,17,19-20,24,27-28H,3-4,7-13,16,18H2,1-2H3;1-2H3;1-2H. The van der Waals surface area contributed by atoms with Gasteiger partial charge in [0.05, 0.1) is 12.8 Å². The average molecular weight is 523 g/mol. The van der Waals surface area contributed by atoms with Crippen LogP contribution in [0.15, 0.2) is 30.6 Å². The number of carbonyl (C=O) groups excluding carboxylic acids is 1. The average Bonchev–Trinajstić information content (AvgIpc) is 3.65. The van der Waals surface area contributed by atoms with Crippen LogP contribution in [0.3, 0.4) is 0 Å². The Hall–Kier alpha value is -3.15. The van der Waals surface area contributed by atoms with Crippen molar-refractivity contribution in [2.75, 3.05) is 44.3 Å². The molecule has 0 saturated carbocycles. The summed E-state index contributed by atoms with van der Waals surface area (Å²) in [5.41, 5.74) is 4.70. The molecule has 4 rings (SSSR count). The van der Waals surface area contributed by atoms with Crippen molar-refractivity contribution in [3.05, 3.63) is 36.2 Å². The van der Waals surface area contributed by atoms with E-state index >= 15 is 0 Å². The predicted molar refractivity (Wildman–Crippen MR) is 157 cm³/mol. The molecule has 0 radical (unpaired) electrons. The molecule has 2 aliphatic heterocycles. The fraction of sp³-hybridized carbons (Fsp3) is 0.567. The van der Waals surface area contributed by atoms with Gasteiger partial charge < -0.3 is 19.9 Å². The van der Waals surface area contributed by atoms with Crippen LogP contribution >= 0.6 is 0 Å². The van der Waals surface area contributed by atoms with Crippen molar-refractivity contribution in [3.8, 4) is 24.0 Å². The lowest BCUT2D eigenvalue weighted by atomic mass is 9.88. The molecule has 38 heavy (non-hydrogen) atoms. The molecule has 8 nitrogen and oxygen atoms in total. The van der Waals surface area contributed by atoms with Gasteiger partial charge in [0.1, 0.15) is 5.84 Å². The fourth-order valence-corrected chi connectivity index (χ4v) is 4.91. The Morgan fingerprint density at radius 1 is 1.29 bits per heavy atom. The lowest BCUT2D eigenvalue weighted by molar-refractivity contribution is -0.118. The summed E-state index contributed by atoms with van der Waals surface area (Å²) in [4.78, 5) is 15.6. The monoisotopic (exact) mass is 522 g/mol. The third-order valence-corrected chi connectivity index (χ3v) is 7.03. The molecule has 1 aromatic carbocycles. The Balaban J connectivity index is 0.00000121.